The van der Waals surface area contributed by atoms with Crippen LogP contribution in [0.25, 0.3) is 49.6 Å². The van der Waals surface area contributed by atoms with Crippen LogP contribution in [0.1, 0.15) is 39.2 Å². The van der Waals surface area contributed by atoms with Crippen LogP contribution in [0.4, 0.5) is 0 Å². The van der Waals surface area contributed by atoms with E-state index in [2.05, 4.69) is 89.5 Å². The normalized spacial score (nSPS) is 14.4. The summed E-state index contributed by atoms with van der Waals surface area (Å²) in [5, 5.41) is 4.36. The van der Waals surface area contributed by atoms with Crippen LogP contribution in [0.3, 0.4) is 0 Å². The van der Waals surface area contributed by atoms with E-state index in [1.807, 2.05) is 0 Å². The predicted molar refractivity (Wildman–Crippen MR) is 138 cm³/mol. The summed E-state index contributed by atoms with van der Waals surface area (Å²) in [6.45, 7) is 5.59. The first-order valence-electron chi connectivity index (χ1n) is 12.4. The summed E-state index contributed by atoms with van der Waals surface area (Å²) >= 11 is 0. The SMILES string of the molecule is Cc1c(C)[n+]2c3c4c(cccc4c4c5c(c6c(c4n13)-c1ccccc1C6)-c1ccccc1C5)C2. The molecule has 0 spiro atoms. The molecule has 0 fully saturated rings. The number of hydrogen-bond donors (Lipinski definition) is 0. The minimum absolute atomic E-state index is 0.980. The van der Waals surface area contributed by atoms with Gasteiger partial charge in [0.25, 0.3) is 5.65 Å². The van der Waals surface area contributed by atoms with Crippen molar-refractivity contribution in [2.24, 2.45) is 0 Å². The quantitative estimate of drug-likeness (QED) is 0.186. The van der Waals surface area contributed by atoms with Crippen molar-refractivity contribution in [3.05, 3.63) is 106 Å². The third-order valence-corrected chi connectivity index (χ3v) is 8.92. The topological polar surface area (TPSA) is 8.29 Å². The largest absolute Gasteiger partial charge is 0.295 e. The van der Waals surface area contributed by atoms with E-state index in [9.17, 15) is 0 Å². The molecule has 0 unspecified atom stereocenters. The lowest BCUT2D eigenvalue weighted by Crippen LogP contribution is -2.33. The summed E-state index contributed by atoms with van der Waals surface area (Å²) in [7, 11) is 0. The molecule has 6 aromatic rings. The first kappa shape index (κ1) is 17.6. The third kappa shape index (κ3) is 1.76. The van der Waals surface area contributed by atoms with Gasteiger partial charge in [-0.15, -0.1) is 0 Å². The summed E-state index contributed by atoms with van der Waals surface area (Å²) in [5.41, 5.74) is 18.9. The average molecular weight is 436 g/mol. The zero-order valence-corrected chi connectivity index (χ0v) is 19.4. The molecule has 3 heterocycles. The van der Waals surface area contributed by atoms with Gasteiger partial charge in [-0.05, 0) is 51.8 Å². The van der Waals surface area contributed by atoms with Gasteiger partial charge in [0, 0.05) is 35.7 Å². The highest BCUT2D eigenvalue weighted by Crippen LogP contribution is 2.54. The highest BCUT2D eigenvalue weighted by Gasteiger charge is 2.38. The van der Waals surface area contributed by atoms with E-state index in [1.165, 1.54) is 88.8 Å². The molecule has 3 aliphatic rings. The minimum Gasteiger partial charge on any atom is -0.222 e. The zero-order valence-electron chi connectivity index (χ0n) is 19.4. The molecule has 2 aliphatic carbocycles. The lowest BCUT2D eigenvalue weighted by atomic mass is 9.88. The molecule has 0 saturated carbocycles. The van der Waals surface area contributed by atoms with Crippen LogP contribution in [-0.2, 0) is 19.4 Å². The van der Waals surface area contributed by atoms with Crippen LogP contribution in [-0.4, -0.2) is 4.40 Å². The van der Waals surface area contributed by atoms with Gasteiger partial charge in [-0.1, -0.05) is 66.7 Å². The van der Waals surface area contributed by atoms with Gasteiger partial charge >= 0.3 is 0 Å². The maximum absolute atomic E-state index is 2.62. The molecule has 1 aliphatic heterocycles. The molecular weight excluding hydrogens is 412 g/mol. The Labute approximate surface area is 197 Å². The number of hydrogen-bond acceptors (Lipinski definition) is 0. The smallest absolute Gasteiger partial charge is 0.222 e. The third-order valence-electron chi connectivity index (χ3n) is 8.92. The number of fused-ring (bicyclic) bond motifs is 12. The zero-order chi connectivity index (χ0) is 22.3. The van der Waals surface area contributed by atoms with Gasteiger partial charge < -0.3 is 0 Å². The average Bonchev–Trinajstić information content (AvgIpc) is 3.59. The van der Waals surface area contributed by atoms with Crippen LogP contribution in [0, 0.1) is 13.8 Å². The minimum atomic E-state index is 0.980. The van der Waals surface area contributed by atoms with Crippen molar-refractivity contribution < 1.29 is 4.57 Å². The van der Waals surface area contributed by atoms with E-state index < -0.39 is 0 Å². The van der Waals surface area contributed by atoms with Crippen molar-refractivity contribution >= 4 is 27.3 Å². The van der Waals surface area contributed by atoms with Gasteiger partial charge in [0.15, 0.2) is 0 Å². The van der Waals surface area contributed by atoms with Crippen molar-refractivity contribution in [2.75, 3.05) is 0 Å². The van der Waals surface area contributed by atoms with E-state index in [4.69, 9.17) is 0 Å². The molecule has 0 radical (unpaired) electrons. The summed E-state index contributed by atoms with van der Waals surface area (Å²) in [6.07, 6.45) is 2.05. The number of nitrogens with zero attached hydrogens (tertiary/aromatic N) is 2. The number of imidazole rings is 1. The molecule has 2 heteroatoms. The van der Waals surface area contributed by atoms with Crippen molar-refractivity contribution in [3.8, 4) is 22.3 Å². The number of benzene rings is 4. The Morgan fingerprint density at radius 2 is 1.35 bits per heavy atom. The van der Waals surface area contributed by atoms with E-state index in [1.54, 1.807) is 0 Å². The molecule has 0 atom stereocenters. The Kier molecular flexibility index (Phi) is 2.88. The van der Waals surface area contributed by atoms with Gasteiger partial charge in [-0.25, -0.2) is 4.57 Å². The number of rotatable bonds is 0. The van der Waals surface area contributed by atoms with E-state index in [-0.39, 0.29) is 0 Å². The predicted octanol–water partition coefficient (Wildman–Crippen LogP) is 6.65. The molecule has 0 amide bonds. The Morgan fingerprint density at radius 1 is 0.676 bits per heavy atom. The fourth-order valence-electron chi connectivity index (χ4n) is 7.43. The van der Waals surface area contributed by atoms with Crippen molar-refractivity contribution in [2.45, 2.75) is 33.2 Å². The maximum Gasteiger partial charge on any atom is 0.295 e. The maximum atomic E-state index is 2.62. The van der Waals surface area contributed by atoms with Gasteiger partial charge in [0.05, 0.1) is 5.39 Å². The second-order valence-corrected chi connectivity index (χ2v) is 10.4. The highest BCUT2D eigenvalue weighted by molar-refractivity contribution is 6.21. The molecule has 2 aromatic heterocycles. The van der Waals surface area contributed by atoms with Crippen molar-refractivity contribution in [3.63, 3.8) is 0 Å². The van der Waals surface area contributed by atoms with Crippen LogP contribution >= 0.6 is 0 Å². The van der Waals surface area contributed by atoms with Gasteiger partial charge in [0.2, 0.25) is 0 Å². The number of aromatic nitrogens is 2. The molecule has 160 valence electrons. The second-order valence-electron chi connectivity index (χ2n) is 10.4. The lowest BCUT2D eigenvalue weighted by molar-refractivity contribution is -0.663. The van der Waals surface area contributed by atoms with Crippen LogP contribution in [0.5, 0.6) is 0 Å². The lowest BCUT2D eigenvalue weighted by Gasteiger charge is -2.16. The molecule has 4 aromatic carbocycles. The van der Waals surface area contributed by atoms with Gasteiger partial charge in [0.1, 0.15) is 23.4 Å². The van der Waals surface area contributed by atoms with Crippen molar-refractivity contribution in [1.82, 2.24) is 4.40 Å². The first-order valence-corrected chi connectivity index (χ1v) is 12.4. The van der Waals surface area contributed by atoms with E-state index in [0.717, 1.165) is 19.4 Å². The Morgan fingerprint density at radius 3 is 2.15 bits per heavy atom. The standard InChI is InChI=1S/C32H23N2/c1-17-18(2)34-31-29-23-12-6-4-9-20(23)15-25(29)28-22-11-5-3-8-19(22)14-26(28)30(31)24-13-7-10-21-16-33(17)32(34)27(21)24/h3-13H,14-16H2,1-2H3/q+1. The fraction of sp³-hybridized carbons (Fsp3) is 0.156. The van der Waals surface area contributed by atoms with Gasteiger partial charge in [-0.3, -0.25) is 0 Å². The molecule has 34 heavy (non-hydrogen) atoms. The molecule has 0 bridgehead atoms. The van der Waals surface area contributed by atoms with Crippen LogP contribution < -0.4 is 4.57 Å². The molecule has 2 nitrogen and oxygen atoms in total. The number of pyridine rings is 1. The summed E-state index contributed by atoms with van der Waals surface area (Å²) in [4.78, 5) is 0. The Hall–Kier alpha value is -3.91. The monoisotopic (exact) mass is 435 g/mol. The second kappa shape index (κ2) is 5.59. The van der Waals surface area contributed by atoms with E-state index in [0.29, 0.717) is 0 Å². The molecule has 0 N–H and O–H groups in total. The number of aryl methyl sites for hydroxylation is 1. The summed E-state index contributed by atoms with van der Waals surface area (Å²) < 4.78 is 5.16. The van der Waals surface area contributed by atoms with Crippen molar-refractivity contribution in [1.29, 1.82) is 0 Å². The first-order chi connectivity index (χ1) is 16.7. The Bertz CT molecular complexity index is 1950. The summed E-state index contributed by atoms with van der Waals surface area (Å²) in [6, 6.07) is 25.2. The van der Waals surface area contributed by atoms with Crippen LogP contribution in [0.15, 0.2) is 66.7 Å². The molecule has 0 saturated heterocycles. The highest BCUT2D eigenvalue weighted by atomic mass is 15.1. The fourth-order valence-corrected chi connectivity index (χ4v) is 7.43. The molecular formula is C32H23N2+. The van der Waals surface area contributed by atoms with Gasteiger partial charge in [-0.2, -0.15) is 4.40 Å². The van der Waals surface area contributed by atoms with Crippen LogP contribution in [0.2, 0.25) is 0 Å². The summed E-state index contributed by atoms with van der Waals surface area (Å²) in [5.74, 6) is 0. The Balaban J connectivity index is 1.65. The van der Waals surface area contributed by atoms with E-state index >= 15 is 0 Å². The molecule has 9 rings (SSSR count).